The summed E-state index contributed by atoms with van der Waals surface area (Å²) in [5.41, 5.74) is 1.42. The maximum absolute atomic E-state index is 13.3. The first-order chi connectivity index (χ1) is 12.6. The Balaban J connectivity index is 1.65. The van der Waals surface area contributed by atoms with Crippen LogP contribution in [0.4, 0.5) is 15.8 Å². The molecular formula is C20H16FIN2O2. The number of amides is 1. The Labute approximate surface area is 164 Å². The highest BCUT2D eigenvalue weighted by molar-refractivity contribution is 14.1. The fraction of sp³-hybridized carbons (Fsp3) is 0.0500. The summed E-state index contributed by atoms with van der Waals surface area (Å²) < 4.78 is 20.0. The van der Waals surface area contributed by atoms with Crippen LogP contribution >= 0.6 is 22.6 Å². The van der Waals surface area contributed by atoms with E-state index >= 15 is 0 Å². The van der Waals surface area contributed by atoms with Crippen LogP contribution in [0.15, 0.2) is 72.8 Å². The Morgan fingerprint density at radius 2 is 1.69 bits per heavy atom. The van der Waals surface area contributed by atoms with Crippen molar-refractivity contribution in [1.29, 1.82) is 0 Å². The summed E-state index contributed by atoms with van der Waals surface area (Å²) in [4.78, 5) is 12.2. The quantitative estimate of drug-likeness (QED) is 0.491. The van der Waals surface area contributed by atoms with E-state index in [1.807, 2.05) is 36.4 Å². The zero-order valence-electron chi connectivity index (χ0n) is 13.7. The molecule has 0 aliphatic heterocycles. The summed E-state index contributed by atoms with van der Waals surface area (Å²) in [6, 6.07) is 20.7. The van der Waals surface area contributed by atoms with E-state index in [9.17, 15) is 9.18 Å². The van der Waals surface area contributed by atoms with E-state index in [2.05, 4.69) is 33.2 Å². The molecule has 4 nitrogen and oxygen atoms in total. The maximum Gasteiger partial charge on any atom is 0.243 e. The lowest BCUT2D eigenvalue weighted by Crippen LogP contribution is -2.22. The van der Waals surface area contributed by atoms with Crippen molar-refractivity contribution in [3.63, 3.8) is 0 Å². The molecule has 0 unspecified atom stereocenters. The van der Waals surface area contributed by atoms with E-state index in [1.165, 1.54) is 12.1 Å². The van der Waals surface area contributed by atoms with Gasteiger partial charge in [-0.05, 0) is 59.0 Å². The van der Waals surface area contributed by atoms with Crippen LogP contribution in [0.1, 0.15) is 0 Å². The van der Waals surface area contributed by atoms with E-state index in [1.54, 1.807) is 24.3 Å². The van der Waals surface area contributed by atoms with Gasteiger partial charge in [-0.2, -0.15) is 0 Å². The average Bonchev–Trinajstić information content (AvgIpc) is 2.63. The van der Waals surface area contributed by atoms with Gasteiger partial charge in [0.05, 0.1) is 17.9 Å². The van der Waals surface area contributed by atoms with Crippen LogP contribution in [0.5, 0.6) is 11.5 Å². The molecule has 0 fully saturated rings. The molecule has 0 aliphatic carbocycles. The largest absolute Gasteiger partial charge is 0.455 e. The fourth-order valence-electron chi connectivity index (χ4n) is 2.29. The second-order valence-corrected chi connectivity index (χ2v) is 6.60. The number of benzene rings is 3. The number of anilines is 2. The van der Waals surface area contributed by atoms with Gasteiger partial charge in [0.1, 0.15) is 11.6 Å². The SMILES string of the molecule is O=C(CNc1ccccc1Oc1cccc(F)c1)Nc1ccccc1I. The normalized spacial score (nSPS) is 10.2. The Bertz CT molecular complexity index is 918. The molecule has 3 aromatic rings. The van der Waals surface area contributed by atoms with Crippen LogP contribution in [-0.4, -0.2) is 12.5 Å². The van der Waals surface area contributed by atoms with E-state index in [4.69, 9.17) is 4.74 Å². The van der Waals surface area contributed by atoms with Gasteiger partial charge in [-0.3, -0.25) is 4.79 Å². The van der Waals surface area contributed by atoms with Gasteiger partial charge in [0.2, 0.25) is 5.91 Å². The minimum atomic E-state index is -0.371. The Kier molecular flexibility index (Phi) is 6.06. The van der Waals surface area contributed by atoms with Crippen LogP contribution in [0.3, 0.4) is 0 Å². The summed E-state index contributed by atoms with van der Waals surface area (Å²) >= 11 is 2.17. The molecule has 0 spiro atoms. The van der Waals surface area contributed by atoms with Crippen molar-refractivity contribution in [3.8, 4) is 11.5 Å². The molecule has 0 heterocycles. The number of halogens is 2. The summed E-state index contributed by atoms with van der Waals surface area (Å²) in [7, 11) is 0. The lowest BCUT2D eigenvalue weighted by Gasteiger charge is -2.13. The third kappa shape index (κ3) is 4.95. The minimum absolute atomic E-state index is 0.0779. The molecule has 0 radical (unpaired) electrons. The van der Waals surface area contributed by atoms with Crippen molar-refractivity contribution in [2.75, 3.05) is 17.2 Å². The zero-order valence-corrected chi connectivity index (χ0v) is 15.9. The molecule has 2 N–H and O–H groups in total. The molecule has 26 heavy (non-hydrogen) atoms. The van der Waals surface area contributed by atoms with E-state index in [0.717, 1.165) is 9.26 Å². The highest BCUT2D eigenvalue weighted by atomic mass is 127. The van der Waals surface area contributed by atoms with Crippen molar-refractivity contribution in [2.24, 2.45) is 0 Å². The van der Waals surface area contributed by atoms with Gasteiger partial charge in [-0.15, -0.1) is 0 Å². The molecule has 3 rings (SSSR count). The van der Waals surface area contributed by atoms with Gasteiger partial charge in [0.15, 0.2) is 5.75 Å². The standard InChI is InChI=1S/C20H16FIN2O2/c21-14-6-5-7-15(12-14)26-19-11-4-3-10-18(19)23-13-20(25)24-17-9-2-1-8-16(17)22/h1-12,23H,13H2,(H,24,25). The Hall–Kier alpha value is -2.61. The monoisotopic (exact) mass is 462 g/mol. The number of rotatable bonds is 6. The zero-order chi connectivity index (χ0) is 18.4. The van der Waals surface area contributed by atoms with Gasteiger partial charge in [-0.1, -0.05) is 30.3 Å². The highest BCUT2D eigenvalue weighted by Crippen LogP contribution is 2.29. The van der Waals surface area contributed by atoms with Gasteiger partial charge in [0, 0.05) is 9.64 Å². The molecule has 132 valence electrons. The number of hydrogen-bond acceptors (Lipinski definition) is 3. The lowest BCUT2D eigenvalue weighted by molar-refractivity contribution is -0.114. The summed E-state index contributed by atoms with van der Waals surface area (Å²) in [6.45, 7) is 0.0779. The molecule has 0 bridgehead atoms. The highest BCUT2D eigenvalue weighted by Gasteiger charge is 2.08. The first-order valence-electron chi connectivity index (χ1n) is 7.92. The smallest absolute Gasteiger partial charge is 0.243 e. The van der Waals surface area contributed by atoms with Crippen LogP contribution < -0.4 is 15.4 Å². The van der Waals surface area contributed by atoms with Gasteiger partial charge in [0.25, 0.3) is 0 Å². The van der Waals surface area contributed by atoms with E-state index < -0.39 is 0 Å². The van der Waals surface area contributed by atoms with Gasteiger partial charge >= 0.3 is 0 Å². The van der Waals surface area contributed by atoms with Crippen LogP contribution in [0, 0.1) is 9.39 Å². The molecule has 3 aromatic carbocycles. The number of ether oxygens (including phenoxy) is 1. The first-order valence-corrected chi connectivity index (χ1v) is 9.00. The second-order valence-electron chi connectivity index (χ2n) is 5.44. The van der Waals surface area contributed by atoms with Gasteiger partial charge in [-0.25, -0.2) is 4.39 Å². The molecule has 0 atom stereocenters. The third-order valence-electron chi connectivity index (χ3n) is 3.50. The number of carbonyl (C=O) groups excluding carboxylic acids is 1. The predicted octanol–water partition coefficient (Wildman–Crippen LogP) is 5.27. The number of carbonyl (C=O) groups is 1. The summed E-state index contributed by atoms with van der Waals surface area (Å²) in [5, 5.41) is 5.91. The second kappa shape index (κ2) is 8.66. The van der Waals surface area contributed by atoms with E-state index in [-0.39, 0.29) is 18.3 Å². The van der Waals surface area contributed by atoms with E-state index in [0.29, 0.717) is 17.2 Å². The third-order valence-corrected chi connectivity index (χ3v) is 4.44. The fourth-order valence-corrected chi connectivity index (χ4v) is 2.81. The van der Waals surface area contributed by atoms with Crippen LogP contribution in [0.25, 0.3) is 0 Å². The Morgan fingerprint density at radius 1 is 0.962 bits per heavy atom. The molecule has 1 amide bonds. The topological polar surface area (TPSA) is 50.4 Å². The van der Waals surface area contributed by atoms with Crippen molar-refractivity contribution < 1.29 is 13.9 Å². The van der Waals surface area contributed by atoms with Crippen LogP contribution in [0.2, 0.25) is 0 Å². The number of hydrogen-bond donors (Lipinski definition) is 2. The minimum Gasteiger partial charge on any atom is -0.455 e. The Morgan fingerprint density at radius 3 is 2.46 bits per heavy atom. The molecule has 0 aromatic heterocycles. The molecule has 0 saturated carbocycles. The molecule has 0 aliphatic rings. The van der Waals surface area contributed by atoms with Crippen molar-refractivity contribution in [3.05, 3.63) is 82.2 Å². The predicted molar refractivity (Wildman–Crippen MR) is 109 cm³/mol. The van der Waals surface area contributed by atoms with Crippen molar-refractivity contribution in [2.45, 2.75) is 0 Å². The number of nitrogens with one attached hydrogen (secondary N) is 2. The molecule has 0 saturated heterocycles. The lowest BCUT2D eigenvalue weighted by atomic mass is 10.2. The first kappa shape index (κ1) is 18.2. The molecule has 6 heteroatoms. The summed E-state index contributed by atoms with van der Waals surface area (Å²) in [6.07, 6.45) is 0. The molecular weight excluding hydrogens is 446 g/mol. The average molecular weight is 462 g/mol. The van der Waals surface area contributed by atoms with Crippen molar-refractivity contribution >= 4 is 39.9 Å². The number of para-hydroxylation sites is 3. The van der Waals surface area contributed by atoms with Gasteiger partial charge < -0.3 is 15.4 Å². The maximum atomic E-state index is 13.3. The summed E-state index contributed by atoms with van der Waals surface area (Å²) in [5.74, 6) is 0.363. The van der Waals surface area contributed by atoms with Crippen molar-refractivity contribution in [1.82, 2.24) is 0 Å². The van der Waals surface area contributed by atoms with Crippen LogP contribution in [-0.2, 0) is 4.79 Å².